The van der Waals surface area contributed by atoms with E-state index in [0.29, 0.717) is 5.69 Å². The molecule has 1 heterocycles. The Morgan fingerprint density at radius 1 is 1.32 bits per heavy atom. The number of amides is 2. The number of ketones is 1. The van der Waals surface area contributed by atoms with Crippen LogP contribution >= 0.6 is 0 Å². The van der Waals surface area contributed by atoms with Crippen molar-refractivity contribution >= 4 is 23.3 Å². The minimum absolute atomic E-state index is 0.0676. The standard InChI is InChI=1S/C22H23FN4O4/c1-12-16(19(29)21(31)26-22(2,11-28)14-4-5-14)9-18(27(12)3)20(30)25-15-6-7-17(23)13(8-15)10-24/h6-9,14,28H,4-5,11H2,1-3H3,(H,25,30)(H,26,31). The second-order valence-corrected chi connectivity index (χ2v) is 7.98. The van der Waals surface area contributed by atoms with Gasteiger partial charge in [-0.3, -0.25) is 14.4 Å². The third-order valence-electron chi connectivity index (χ3n) is 5.77. The van der Waals surface area contributed by atoms with Crippen LogP contribution in [0.1, 0.15) is 51.9 Å². The first-order valence-electron chi connectivity index (χ1n) is 9.76. The van der Waals surface area contributed by atoms with Crippen molar-refractivity contribution in [2.45, 2.75) is 32.2 Å². The number of aliphatic hydroxyl groups excluding tert-OH is 1. The van der Waals surface area contributed by atoms with Crippen molar-refractivity contribution in [3.05, 3.63) is 52.6 Å². The normalized spacial score (nSPS) is 15.0. The fraction of sp³-hybridized carbons (Fsp3) is 0.364. The van der Waals surface area contributed by atoms with Gasteiger partial charge in [0.25, 0.3) is 17.6 Å². The van der Waals surface area contributed by atoms with E-state index in [9.17, 15) is 23.9 Å². The zero-order chi connectivity index (χ0) is 22.9. The van der Waals surface area contributed by atoms with Gasteiger partial charge in [0, 0.05) is 24.0 Å². The van der Waals surface area contributed by atoms with Crippen LogP contribution in [0.4, 0.5) is 10.1 Å². The molecule has 0 bridgehead atoms. The number of aliphatic hydroxyl groups is 1. The number of carbonyl (C=O) groups excluding carboxylic acids is 3. The largest absolute Gasteiger partial charge is 0.394 e. The topological polar surface area (TPSA) is 124 Å². The molecule has 1 saturated carbocycles. The summed E-state index contributed by atoms with van der Waals surface area (Å²) in [5.41, 5.74) is -0.260. The van der Waals surface area contributed by atoms with Gasteiger partial charge in [-0.1, -0.05) is 0 Å². The first kappa shape index (κ1) is 22.2. The molecule has 1 aliphatic rings. The second-order valence-electron chi connectivity index (χ2n) is 7.98. The molecule has 1 fully saturated rings. The molecule has 31 heavy (non-hydrogen) atoms. The van der Waals surface area contributed by atoms with Crippen LogP contribution in [-0.4, -0.2) is 39.4 Å². The van der Waals surface area contributed by atoms with Crippen LogP contribution < -0.4 is 10.6 Å². The fourth-order valence-corrected chi connectivity index (χ4v) is 3.46. The van der Waals surface area contributed by atoms with Crippen LogP contribution in [0.5, 0.6) is 0 Å². The van der Waals surface area contributed by atoms with Crippen LogP contribution in [0, 0.1) is 30.0 Å². The van der Waals surface area contributed by atoms with Crippen LogP contribution in [0.15, 0.2) is 24.3 Å². The molecule has 162 valence electrons. The molecule has 9 heteroatoms. The van der Waals surface area contributed by atoms with Crippen molar-refractivity contribution in [2.75, 3.05) is 11.9 Å². The summed E-state index contributed by atoms with van der Waals surface area (Å²) in [5, 5.41) is 23.8. The number of benzene rings is 1. The van der Waals surface area contributed by atoms with E-state index >= 15 is 0 Å². The Hall–Kier alpha value is -3.51. The Bertz CT molecular complexity index is 1110. The molecule has 8 nitrogen and oxygen atoms in total. The van der Waals surface area contributed by atoms with Gasteiger partial charge in [0.1, 0.15) is 17.6 Å². The van der Waals surface area contributed by atoms with Crippen molar-refractivity contribution in [1.29, 1.82) is 5.26 Å². The van der Waals surface area contributed by atoms with E-state index in [1.807, 2.05) is 0 Å². The van der Waals surface area contributed by atoms with Crippen LogP contribution in [0.2, 0.25) is 0 Å². The van der Waals surface area contributed by atoms with Crippen molar-refractivity contribution in [2.24, 2.45) is 13.0 Å². The third-order valence-corrected chi connectivity index (χ3v) is 5.77. The predicted octanol–water partition coefficient (Wildman–Crippen LogP) is 2.06. The number of halogens is 1. The van der Waals surface area contributed by atoms with E-state index in [4.69, 9.17) is 5.26 Å². The molecule has 2 amide bonds. The zero-order valence-corrected chi connectivity index (χ0v) is 17.5. The maximum atomic E-state index is 13.5. The van der Waals surface area contributed by atoms with E-state index in [1.165, 1.54) is 22.8 Å². The zero-order valence-electron chi connectivity index (χ0n) is 17.5. The summed E-state index contributed by atoms with van der Waals surface area (Å²) in [6.45, 7) is 3.03. The highest BCUT2D eigenvalue weighted by molar-refractivity contribution is 6.43. The lowest BCUT2D eigenvalue weighted by Gasteiger charge is -2.28. The van der Waals surface area contributed by atoms with E-state index in [1.54, 1.807) is 27.0 Å². The van der Waals surface area contributed by atoms with Gasteiger partial charge in [-0.05, 0) is 56.9 Å². The molecule has 3 rings (SSSR count). The maximum absolute atomic E-state index is 13.5. The van der Waals surface area contributed by atoms with Gasteiger partial charge in [-0.2, -0.15) is 5.26 Å². The Morgan fingerprint density at radius 2 is 2.00 bits per heavy atom. The molecule has 0 saturated heterocycles. The summed E-state index contributed by atoms with van der Waals surface area (Å²) >= 11 is 0. The van der Waals surface area contributed by atoms with E-state index in [-0.39, 0.29) is 35.0 Å². The van der Waals surface area contributed by atoms with Crippen LogP contribution in [0.25, 0.3) is 0 Å². The number of anilines is 1. The Morgan fingerprint density at radius 3 is 2.58 bits per heavy atom. The summed E-state index contributed by atoms with van der Waals surface area (Å²) in [6.07, 6.45) is 1.74. The molecule has 0 spiro atoms. The van der Waals surface area contributed by atoms with Crippen molar-refractivity contribution in [1.82, 2.24) is 9.88 Å². The molecule has 1 aromatic carbocycles. The lowest BCUT2D eigenvalue weighted by atomic mass is 9.96. The van der Waals surface area contributed by atoms with Gasteiger partial charge in [0.15, 0.2) is 0 Å². The number of nitriles is 1. The van der Waals surface area contributed by atoms with Gasteiger partial charge in [0.05, 0.1) is 17.7 Å². The van der Waals surface area contributed by atoms with Gasteiger partial charge in [-0.15, -0.1) is 0 Å². The van der Waals surface area contributed by atoms with E-state index < -0.39 is 29.0 Å². The quantitative estimate of drug-likeness (QED) is 0.462. The maximum Gasteiger partial charge on any atom is 0.292 e. The highest BCUT2D eigenvalue weighted by Gasteiger charge is 2.43. The lowest BCUT2D eigenvalue weighted by Crippen LogP contribution is -2.52. The number of hydrogen-bond acceptors (Lipinski definition) is 5. The summed E-state index contributed by atoms with van der Waals surface area (Å²) in [4.78, 5) is 38.0. The van der Waals surface area contributed by atoms with Crippen LogP contribution in [-0.2, 0) is 11.8 Å². The molecule has 0 aliphatic heterocycles. The summed E-state index contributed by atoms with van der Waals surface area (Å²) in [6, 6.07) is 6.60. The number of carbonyl (C=O) groups is 3. The average molecular weight is 426 g/mol. The number of hydrogen-bond donors (Lipinski definition) is 3. The Kier molecular flexibility index (Phi) is 5.95. The molecule has 1 atom stereocenters. The Balaban J connectivity index is 1.80. The second kappa shape index (κ2) is 8.32. The first-order chi connectivity index (χ1) is 14.6. The number of nitrogens with zero attached hydrogens (tertiary/aromatic N) is 2. The van der Waals surface area contributed by atoms with Gasteiger partial charge < -0.3 is 20.3 Å². The molecule has 1 aliphatic carbocycles. The molecule has 0 radical (unpaired) electrons. The monoisotopic (exact) mass is 426 g/mol. The number of Topliss-reactive ketones (excluding diaryl/α,β-unsaturated/α-hetero) is 1. The number of nitrogens with one attached hydrogen (secondary N) is 2. The SMILES string of the molecule is Cc1c(C(=O)C(=O)NC(C)(CO)C2CC2)cc(C(=O)Nc2ccc(F)c(C#N)c2)n1C. The van der Waals surface area contributed by atoms with E-state index in [0.717, 1.165) is 18.9 Å². The van der Waals surface area contributed by atoms with E-state index in [2.05, 4.69) is 10.6 Å². The smallest absolute Gasteiger partial charge is 0.292 e. The molecule has 1 aromatic heterocycles. The molecule has 1 unspecified atom stereocenters. The van der Waals surface area contributed by atoms with Crippen molar-refractivity contribution in [3.63, 3.8) is 0 Å². The number of rotatable bonds is 7. The lowest BCUT2D eigenvalue weighted by molar-refractivity contribution is -0.119. The molecular weight excluding hydrogens is 403 g/mol. The molecule has 2 aromatic rings. The fourth-order valence-electron chi connectivity index (χ4n) is 3.46. The third kappa shape index (κ3) is 4.34. The Labute approximate surface area is 178 Å². The molecular formula is C22H23FN4O4. The van der Waals surface area contributed by atoms with Crippen LogP contribution in [0.3, 0.4) is 0 Å². The first-order valence-corrected chi connectivity index (χ1v) is 9.76. The minimum Gasteiger partial charge on any atom is -0.394 e. The predicted molar refractivity (Wildman–Crippen MR) is 110 cm³/mol. The van der Waals surface area contributed by atoms with Gasteiger partial charge in [0.2, 0.25) is 0 Å². The highest BCUT2D eigenvalue weighted by atomic mass is 19.1. The number of aromatic nitrogens is 1. The van der Waals surface area contributed by atoms with Gasteiger partial charge >= 0.3 is 0 Å². The highest BCUT2D eigenvalue weighted by Crippen LogP contribution is 2.39. The average Bonchev–Trinajstić information content (AvgIpc) is 3.56. The summed E-state index contributed by atoms with van der Waals surface area (Å²) in [7, 11) is 1.58. The van der Waals surface area contributed by atoms with Crippen molar-refractivity contribution in [3.8, 4) is 6.07 Å². The minimum atomic E-state index is -0.864. The molecule has 3 N–H and O–H groups in total. The summed E-state index contributed by atoms with van der Waals surface area (Å²) < 4.78 is 15.0. The van der Waals surface area contributed by atoms with Crippen molar-refractivity contribution < 1.29 is 23.9 Å². The summed E-state index contributed by atoms with van der Waals surface area (Å²) in [5.74, 6) is -2.81. The van der Waals surface area contributed by atoms with Gasteiger partial charge in [-0.25, -0.2) is 4.39 Å².